The largest absolute Gasteiger partial charge is 0.480 e. The lowest BCUT2D eigenvalue weighted by molar-refractivity contribution is -0.140. The number of ether oxygens (including phenoxy) is 1. The molecule has 8 nitrogen and oxygen atoms in total. The van der Waals surface area contributed by atoms with Crippen molar-refractivity contribution in [2.45, 2.75) is 45.5 Å². The Morgan fingerprint density at radius 2 is 1.87 bits per heavy atom. The molecular formula is C27H28F3N3O5. The molecule has 0 spiro atoms. The first kappa shape index (κ1) is 27.2. The fraction of sp³-hybridized carbons (Fsp3) is 0.370. The van der Waals surface area contributed by atoms with Gasteiger partial charge in [-0.25, -0.2) is 4.79 Å². The number of carbonyl (C=O) groups excluding carboxylic acids is 1. The minimum Gasteiger partial charge on any atom is -0.480 e. The van der Waals surface area contributed by atoms with Crippen LogP contribution < -0.4 is 16.2 Å². The molecule has 0 aliphatic carbocycles. The number of carboxylic acids is 1. The van der Waals surface area contributed by atoms with Crippen molar-refractivity contribution in [3.63, 3.8) is 0 Å². The van der Waals surface area contributed by atoms with Gasteiger partial charge in [-0.05, 0) is 42.0 Å². The molecule has 1 saturated heterocycles. The first-order valence-electron chi connectivity index (χ1n) is 12.0. The van der Waals surface area contributed by atoms with Crippen LogP contribution in [0.25, 0.3) is 22.0 Å². The van der Waals surface area contributed by atoms with E-state index in [1.165, 1.54) is 35.2 Å². The summed E-state index contributed by atoms with van der Waals surface area (Å²) in [6.45, 7) is 5.63. The number of aromatic amines is 1. The van der Waals surface area contributed by atoms with E-state index in [2.05, 4.69) is 4.98 Å². The third kappa shape index (κ3) is 5.24. The average molecular weight is 532 g/mol. The third-order valence-electron chi connectivity index (χ3n) is 7.09. The molecule has 38 heavy (non-hydrogen) atoms. The second-order valence-electron chi connectivity index (χ2n) is 10.3. The van der Waals surface area contributed by atoms with Crippen molar-refractivity contribution in [3.8, 4) is 11.3 Å². The Balaban J connectivity index is 1.62. The highest BCUT2D eigenvalue weighted by Gasteiger charge is 2.43. The zero-order chi connectivity index (χ0) is 28.0. The van der Waals surface area contributed by atoms with E-state index in [4.69, 9.17) is 10.5 Å². The number of benzene rings is 2. The van der Waals surface area contributed by atoms with Gasteiger partial charge >= 0.3 is 18.2 Å². The molecule has 3 aromatic rings. The number of nitrogens with two attached hydrogens (primary N) is 1. The standard InChI is InChI=1S/C27H28F3N3O5/c1-14(22(31)24(35)36)12-26(2,3)21-13-33(25(37)38-21)16-9-8-15-10-20(32-23(34)18(15)11-16)17-6-4-5-7-19(17)27(28,29)30/h4-11,14,21-22H,12-13,31H2,1-3H3,(H,32,34)(H,35,36)/t14?,21-,22?/m1/s1. The molecule has 2 aromatic carbocycles. The molecule has 4 N–H and O–H groups in total. The fourth-order valence-corrected chi connectivity index (χ4v) is 4.94. The summed E-state index contributed by atoms with van der Waals surface area (Å²) < 4.78 is 46.1. The number of amides is 1. The van der Waals surface area contributed by atoms with Crippen LogP contribution in [-0.4, -0.2) is 40.8 Å². The second kappa shape index (κ2) is 9.79. The number of halogens is 3. The Kier molecular flexibility index (Phi) is 7.00. The maximum absolute atomic E-state index is 13.5. The van der Waals surface area contributed by atoms with Crippen LogP contribution in [0.1, 0.15) is 32.8 Å². The molecule has 2 heterocycles. The van der Waals surface area contributed by atoms with Gasteiger partial charge in [-0.3, -0.25) is 14.5 Å². The number of rotatable bonds is 7. The van der Waals surface area contributed by atoms with Gasteiger partial charge in [0.25, 0.3) is 5.56 Å². The Labute approximate surface area is 216 Å². The molecule has 1 aliphatic heterocycles. The molecule has 3 atom stereocenters. The minimum atomic E-state index is -4.59. The lowest BCUT2D eigenvalue weighted by Gasteiger charge is -2.33. The summed E-state index contributed by atoms with van der Waals surface area (Å²) in [6.07, 6.45) is -5.38. The number of nitrogens with zero attached hydrogens (tertiary/aromatic N) is 1. The number of fused-ring (bicyclic) bond motifs is 1. The molecular weight excluding hydrogens is 503 g/mol. The van der Waals surface area contributed by atoms with Crippen LogP contribution in [0.2, 0.25) is 0 Å². The molecule has 2 unspecified atom stereocenters. The average Bonchev–Trinajstić information content (AvgIpc) is 3.25. The highest BCUT2D eigenvalue weighted by Crippen LogP contribution is 2.39. The van der Waals surface area contributed by atoms with E-state index in [1.54, 1.807) is 19.1 Å². The fourth-order valence-electron chi connectivity index (χ4n) is 4.94. The highest BCUT2D eigenvalue weighted by atomic mass is 19.4. The number of aromatic nitrogens is 1. The molecule has 1 amide bonds. The molecule has 11 heteroatoms. The van der Waals surface area contributed by atoms with Gasteiger partial charge in [0.2, 0.25) is 0 Å². The number of carbonyl (C=O) groups is 2. The number of hydrogen-bond donors (Lipinski definition) is 3. The van der Waals surface area contributed by atoms with E-state index in [0.717, 1.165) is 6.07 Å². The maximum Gasteiger partial charge on any atom is 0.417 e. The Bertz CT molecular complexity index is 1450. The van der Waals surface area contributed by atoms with E-state index in [-0.39, 0.29) is 29.1 Å². The van der Waals surface area contributed by atoms with Crippen molar-refractivity contribution in [1.29, 1.82) is 0 Å². The summed E-state index contributed by atoms with van der Waals surface area (Å²) in [6, 6.07) is 10.1. The summed E-state index contributed by atoms with van der Waals surface area (Å²) in [5.41, 5.74) is 3.97. The highest BCUT2D eigenvalue weighted by molar-refractivity contribution is 5.95. The van der Waals surface area contributed by atoms with E-state index in [9.17, 15) is 32.7 Å². The quantitative estimate of drug-likeness (QED) is 0.394. The topological polar surface area (TPSA) is 126 Å². The van der Waals surface area contributed by atoms with Crippen molar-refractivity contribution in [2.75, 3.05) is 11.4 Å². The SMILES string of the molecule is CC(CC(C)(C)[C@H]1CN(c2ccc3cc(-c4ccccc4C(F)(F)F)[nH]c(=O)c3c2)C(=O)O1)C(N)C(=O)O. The first-order valence-corrected chi connectivity index (χ1v) is 12.0. The van der Waals surface area contributed by atoms with E-state index in [1.807, 2.05) is 13.8 Å². The van der Waals surface area contributed by atoms with Crippen molar-refractivity contribution < 1.29 is 32.6 Å². The normalized spacial score (nSPS) is 17.9. The van der Waals surface area contributed by atoms with Crippen LogP contribution in [-0.2, 0) is 15.7 Å². The molecule has 1 fully saturated rings. The second-order valence-corrected chi connectivity index (χ2v) is 10.3. The predicted octanol–water partition coefficient (Wildman–Crippen LogP) is 5.00. The van der Waals surface area contributed by atoms with Gasteiger partial charge < -0.3 is 20.6 Å². The molecule has 202 valence electrons. The van der Waals surface area contributed by atoms with E-state index in [0.29, 0.717) is 17.5 Å². The van der Waals surface area contributed by atoms with Crippen molar-refractivity contribution >= 4 is 28.5 Å². The molecule has 1 aromatic heterocycles. The number of nitrogens with one attached hydrogen (secondary N) is 1. The van der Waals surface area contributed by atoms with Crippen molar-refractivity contribution in [1.82, 2.24) is 4.98 Å². The zero-order valence-corrected chi connectivity index (χ0v) is 21.0. The van der Waals surface area contributed by atoms with Gasteiger partial charge in [0.15, 0.2) is 0 Å². The summed E-state index contributed by atoms with van der Waals surface area (Å²) in [5.74, 6) is -1.48. The number of hydrogen-bond acceptors (Lipinski definition) is 5. The summed E-state index contributed by atoms with van der Waals surface area (Å²) in [7, 11) is 0. The molecule has 0 radical (unpaired) electrons. The maximum atomic E-state index is 13.5. The number of cyclic esters (lactones) is 1. The summed E-state index contributed by atoms with van der Waals surface area (Å²) >= 11 is 0. The number of carboxylic acid groups (broad SMARTS) is 1. The number of H-pyrrole nitrogens is 1. The predicted molar refractivity (Wildman–Crippen MR) is 136 cm³/mol. The molecule has 0 saturated carbocycles. The van der Waals surface area contributed by atoms with Gasteiger partial charge in [-0.1, -0.05) is 45.0 Å². The summed E-state index contributed by atoms with van der Waals surface area (Å²) in [4.78, 5) is 40.8. The Morgan fingerprint density at radius 3 is 2.53 bits per heavy atom. The Hall–Kier alpha value is -3.86. The van der Waals surface area contributed by atoms with Crippen molar-refractivity contribution in [3.05, 3.63) is 64.4 Å². The van der Waals surface area contributed by atoms with E-state index >= 15 is 0 Å². The number of anilines is 1. The molecule has 0 bridgehead atoms. The Morgan fingerprint density at radius 1 is 1.18 bits per heavy atom. The smallest absolute Gasteiger partial charge is 0.417 e. The van der Waals surface area contributed by atoms with Crippen LogP contribution in [0.5, 0.6) is 0 Å². The monoisotopic (exact) mass is 531 g/mol. The first-order chi connectivity index (χ1) is 17.7. The van der Waals surface area contributed by atoms with Gasteiger partial charge in [-0.15, -0.1) is 0 Å². The van der Waals surface area contributed by atoms with Crippen LogP contribution in [0.3, 0.4) is 0 Å². The molecule has 1 aliphatic rings. The number of aliphatic carboxylic acids is 1. The van der Waals surface area contributed by atoms with Gasteiger partial charge in [0, 0.05) is 27.7 Å². The van der Waals surface area contributed by atoms with Crippen LogP contribution in [0.15, 0.2) is 53.3 Å². The summed E-state index contributed by atoms with van der Waals surface area (Å²) in [5, 5.41) is 9.80. The lowest BCUT2D eigenvalue weighted by Crippen LogP contribution is -2.42. The minimum absolute atomic E-state index is 0.0271. The van der Waals surface area contributed by atoms with Crippen LogP contribution >= 0.6 is 0 Å². The van der Waals surface area contributed by atoms with Gasteiger partial charge in [0.1, 0.15) is 12.1 Å². The molecule has 4 rings (SSSR count). The van der Waals surface area contributed by atoms with Crippen LogP contribution in [0.4, 0.5) is 23.7 Å². The van der Waals surface area contributed by atoms with E-state index < -0.39 is 46.9 Å². The van der Waals surface area contributed by atoms with Gasteiger partial charge in [0.05, 0.1) is 12.1 Å². The van der Waals surface area contributed by atoms with Crippen LogP contribution in [0, 0.1) is 11.3 Å². The number of alkyl halides is 3. The zero-order valence-electron chi connectivity index (χ0n) is 21.0. The van der Waals surface area contributed by atoms with Gasteiger partial charge in [-0.2, -0.15) is 13.2 Å². The number of pyridine rings is 1. The lowest BCUT2D eigenvalue weighted by atomic mass is 9.76. The third-order valence-corrected chi connectivity index (χ3v) is 7.09. The van der Waals surface area contributed by atoms with Crippen molar-refractivity contribution in [2.24, 2.45) is 17.1 Å².